The van der Waals surface area contributed by atoms with Gasteiger partial charge in [-0.15, -0.1) is 0 Å². The van der Waals surface area contributed by atoms with Crippen molar-refractivity contribution in [3.8, 4) is 5.75 Å². The van der Waals surface area contributed by atoms with E-state index in [1.165, 1.54) is 36.4 Å². The first-order valence-electron chi connectivity index (χ1n) is 19.3. The minimum atomic E-state index is -3.07. The minimum Gasteiger partial charge on any atom is -0.505 e. The fraction of sp³-hybridized carbons (Fsp3) is 0.318. The van der Waals surface area contributed by atoms with Gasteiger partial charge in [-0.1, -0.05) is 105 Å². The van der Waals surface area contributed by atoms with Gasteiger partial charge in [0.05, 0.1) is 35.2 Å². The number of amides is 2. The van der Waals surface area contributed by atoms with E-state index in [4.69, 9.17) is 9.08 Å². The van der Waals surface area contributed by atoms with Crippen molar-refractivity contribution in [2.24, 2.45) is 17.8 Å². The molecule has 0 spiro atoms. The number of rotatable bonds is 11. The van der Waals surface area contributed by atoms with Crippen molar-refractivity contribution in [1.29, 1.82) is 0 Å². The molecule has 3 aliphatic rings. The third kappa shape index (κ3) is 7.64. The second-order valence-corrected chi connectivity index (χ2v) is 20.6. The maximum atomic E-state index is 14.5. The number of phenols is 1. The van der Waals surface area contributed by atoms with E-state index in [0.717, 1.165) is 32.0 Å². The van der Waals surface area contributed by atoms with Gasteiger partial charge in [0, 0.05) is 12.1 Å². The number of allylic oxidation sites excluding steroid dienone is 1. The molecule has 4 atom stereocenters. The quantitative estimate of drug-likeness (QED) is 0.0535. The number of hydrogen-bond acceptors (Lipinski definition) is 8. The van der Waals surface area contributed by atoms with Crippen LogP contribution in [0.15, 0.2) is 120 Å². The first kappa shape index (κ1) is 40.0. The standard InChI is InChI=1S/C44H46BFN2O8Si/c1-28(22-29-19-20-38(49)37(46)23-29)18-21-39-40-30(27-55-57(44(2,3)4,33-14-7-5-8-15-33)34-16-9-6-10-17-34)24-35-41(36(40)26-45(52)56-39)43(51)47(42(35)50)31-12-11-13-32(25-31)48(53)54/h5-17,19-20,22-23,25,35-36,39,41,49,52H,18,21,24,26-27H2,1-4H3/b28-22+/t35-,36+,39-,41-/m1/s1. The Bertz CT molecular complexity index is 2210. The Morgan fingerprint density at radius 1 is 0.982 bits per heavy atom. The van der Waals surface area contributed by atoms with Crippen LogP contribution < -0.4 is 15.3 Å². The van der Waals surface area contributed by atoms with Gasteiger partial charge in [-0.3, -0.25) is 19.7 Å². The fourth-order valence-electron chi connectivity index (χ4n) is 9.18. The highest BCUT2D eigenvalue weighted by Crippen LogP contribution is 2.52. The van der Waals surface area contributed by atoms with Crippen molar-refractivity contribution in [3.05, 3.63) is 141 Å². The van der Waals surface area contributed by atoms with Crippen LogP contribution in [-0.2, 0) is 18.7 Å². The Morgan fingerprint density at radius 3 is 2.26 bits per heavy atom. The average Bonchev–Trinajstić information content (AvgIpc) is 3.44. The predicted molar refractivity (Wildman–Crippen MR) is 220 cm³/mol. The number of nitrogens with zero attached hydrogens (tertiary/aromatic N) is 2. The minimum absolute atomic E-state index is 0.0825. The highest BCUT2D eigenvalue weighted by Gasteiger charge is 2.58. The van der Waals surface area contributed by atoms with Crippen LogP contribution in [0.1, 0.15) is 52.5 Å². The number of carbonyl (C=O) groups is 2. The summed E-state index contributed by atoms with van der Waals surface area (Å²) in [5.41, 5.74) is 3.07. The zero-order valence-electron chi connectivity index (χ0n) is 32.4. The molecule has 2 heterocycles. The van der Waals surface area contributed by atoms with E-state index in [0.29, 0.717) is 18.4 Å². The molecular weight excluding hydrogens is 742 g/mol. The van der Waals surface area contributed by atoms with Gasteiger partial charge in [-0.2, -0.15) is 0 Å². The van der Waals surface area contributed by atoms with E-state index in [1.807, 2.05) is 49.4 Å². The normalized spacial score (nSPS) is 21.5. The maximum Gasteiger partial charge on any atom is 0.455 e. The third-order valence-corrected chi connectivity index (χ3v) is 16.7. The lowest BCUT2D eigenvalue weighted by Gasteiger charge is -2.46. The number of benzene rings is 4. The third-order valence-electron chi connectivity index (χ3n) is 11.7. The first-order valence-corrected chi connectivity index (χ1v) is 21.2. The Morgan fingerprint density at radius 2 is 1.65 bits per heavy atom. The molecule has 10 nitrogen and oxygen atoms in total. The predicted octanol–water partition coefficient (Wildman–Crippen LogP) is 7.20. The van der Waals surface area contributed by atoms with Crippen LogP contribution in [0, 0.1) is 33.7 Å². The molecule has 294 valence electrons. The fourth-order valence-corrected chi connectivity index (χ4v) is 13.7. The lowest BCUT2D eigenvalue weighted by Crippen LogP contribution is -2.66. The summed E-state index contributed by atoms with van der Waals surface area (Å²) in [5.74, 6) is -4.21. The summed E-state index contributed by atoms with van der Waals surface area (Å²) >= 11 is 0. The van der Waals surface area contributed by atoms with E-state index in [2.05, 4.69) is 45.0 Å². The van der Waals surface area contributed by atoms with Crippen molar-refractivity contribution in [2.45, 2.75) is 64.4 Å². The smallest absolute Gasteiger partial charge is 0.455 e. The molecule has 13 heteroatoms. The van der Waals surface area contributed by atoms with Crippen LogP contribution in [0.4, 0.5) is 15.8 Å². The summed E-state index contributed by atoms with van der Waals surface area (Å²) in [5, 5.41) is 34.4. The molecule has 0 bridgehead atoms. The number of nitro benzene ring substituents is 1. The molecule has 0 saturated carbocycles. The summed E-state index contributed by atoms with van der Waals surface area (Å²) in [6, 6.07) is 30.2. The Kier molecular flexibility index (Phi) is 11.2. The number of halogens is 1. The van der Waals surface area contributed by atoms with E-state index in [-0.39, 0.29) is 35.8 Å². The summed E-state index contributed by atoms with van der Waals surface area (Å²) in [6.45, 7) is 8.62. The largest absolute Gasteiger partial charge is 0.505 e. The number of phenolic OH excluding ortho intramolecular Hbond substituents is 1. The van der Waals surface area contributed by atoms with E-state index in [9.17, 15) is 34.2 Å². The number of nitro groups is 1. The molecule has 2 N–H and O–H groups in total. The molecule has 2 fully saturated rings. The second kappa shape index (κ2) is 16.0. The second-order valence-electron chi connectivity index (χ2n) is 16.3. The lowest BCUT2D eigenvalue weighted by atomic mass is 9.58. The highest BCUT2D eigenvalue weighted by atomic mass is 28.4. The summed E-state index contributed by atoms with van der Waals surface area (Å²) in [7, 11) is -4.29. The molecule has 57 heavy (non-hydrogen) atoms. The molecule has 0 unspecified atom stereocenters. The molecule has 2 amide bonds. The molecule has 2 saturated heterocycles. The molecule has 4 aromatic rings. The van der Waals surface area contributed by atoms with Crippen LogP contribution in [-0.4, -0.2) is 55.0 Å². The van der Waals surface area contributed by atoms with Crippen LogP contribution in [0.3, 0.4) is 0 Å². The van der Waals surface area contributed by atoms with Gasteiger partial charge in [0.1, 0.15) is 0 Å². The maximum absolute atomic E-state index is 14.5. The Labute approximate surface area is 333 Å². The lowest BCUT2D eigenvalue weighted by molar-refractivity contribution is -0.384. The van der Waals surface area contributed by atoms with Crippen molar-refractivity contribution in [1.82, 2.24) is 0 Å². The van der Waals surface area contributed by atoms with Gasteiger partial charge < -0.3 is 19.2 Å². The van der Waals surface area contributed by atoms with E-state index >= 15 is 0 Å². The van der Waals surface area contributed by atoms with Gasteiger partial charge in [-0.05, 0) is 88.7 Å². The van der Waals surface area contributed by atoms with Crippen molar-refractivity contribution in [2.75, 3.05) is 11.5 Å². The monoisotopic (exact) mass is 788 g/mol. The molecule has 1 aliphatic carbocycles. The molecular formula is C44H46BFN2O8Si. The number of hydrogen-bond donors (Lipinski definition) is 2. The number of carbonyl (C=O) groups excluding carboxylic acids is 2. The van der Waals surface area contributed by atoms with Gasteiger partial charge >= 0.3 is 7.12 Å². The summed E-state index contributed by atoms with van der Waals surface area (Å²) < 4.78 is 27.9. The molecule has 4 aromatic carbocycles. The number of non-ortho nitro benzene ring substituents is 1. The van der Waals surface area contributed by atoms with Crippen LogP contribution >= 0.6 is 0 Å². The van der Waals surface area contributed by atoms with Gasteiger partial charge in [0.25, 0.3) is 14.0 Å². The molecule has 0 aromatic heterocycles. The number of fused-ring (bicyclic) bond motifs is 3. The zero-order valence-corrected chi connectivity index (χ0v) is 33.4. The first-order chi connectivity index (χ1) is 27.2. The van der Waals surface area contributed by atoms with Crippen LogP contribution in [0.25, 0.3) is 6.08 Å². The Balaban J connectivity index is 1.31. The molecule has 0 radical (unpaired) electrons. The molecule has 7 rings (SSSR count). The van der Waals surface area contributed by atoms with Gasteiger partial charge in [0.15, 0.2) is 11.6 Å². The SMILES string of the molecule is C/C(=C\c1ccc(O)c(F)c1)CC[C@H]1OB(O)C[C@H]2C1=C(CO[Si](c1ccccc1)(c1ccccc1)C(C)(C)C)C[C@H]1C(=O)N(c3cccc([N+](=O)[O-])c3)C(=O)[C@H]12. The summed E-state index contributed by atoms with van der Waals surface area (Å²) in [6.07, 6.45) is 2.41. The highest BCUT2D eigenvalue weighted by molar-refractivity contribution is 6.99. The topological polar surface area (TPSA) is 139 Å². The number of aromatic hydroxyl groups is 1. The van der Waals surface area contributed by atoms with Gasteiger partial charge in [-0.25, -0.2) is 9.29 Å². The van der Waals surface area contributed by atoms with Gasteiger partial charge in [0.2, 0.25) is 11.8 Å². The number of anilines is 1. The summed E-state index contributed by atoms with van der Waals surface area (Å²) in [4.78, 5) is 41.0. The van der Waals surface area contributed by atoms with E-state index in [1.54, 1.807) is 6.07 Å². The Hall–Kier alpha value is -5.21. The van der Waals surface area contributed by atoms with Crippen LogP contribution in [0.2, 0.25) is 11.4 Å². The molecule has 2 aliphatic heterocycles. The zero-order chi connectivity index (χ0) is 40.6. The number of imide groups is 1. The van der Waals surface area contributed by atoms with Crippen LogP contribution in [0.5, 0.6) is 5.75 Å². The average molecular weight is 789 g/mol. The van der Waals surface area contributed by atoms with Crippen molar-refractivity contribution < 1.29 is 38.1 Å². The van der Waals surface area contributed by atoms with Crippen molar-refractivity contribution >= 4 is 55.1 Å². The van der Waals surface area contributed by atoms with E-state index < -0.39 is 67.6 Å². The van der Waals surface area contributed by atoms with Crippen molar-refractivity contribution in [3.63, 3.8) is 0 Å².